The van der Waals surface area contributed by atoms with Crippen LogP contribution in [0.2, 0.25) is 4.34 Å². The van der Waals surface area contributed by atoms with E-state index >= 15 is 0 Å². The van der Waals surface area contributed by atoms with E-state index in [2.05, 4.69) is 21.2 Å². The van der Waals surface area contributed by atoms with Gasteiger partial charge in [0.1, 0.15) is 0 Å². The number of alkyl halides is 1. The molecule has 0 fully saturated rings. The molecule has 16 heavy (non-hydrogen) atoms. The van der Waals surface area contributed by atoms with E-state index < -0.39 is 0 Å². The van der Waals surface area contributed by atoms with Crippen molar-refractivity contribution in [3.05, 3.63) is 21.3 Å². The molecular formula is C10H13BrClNO2S. The Morgan fingerprint density at radius 1 is 1.69 bits per heavy atom. The molecule has 0 saturated heterocycles. The number of ether oxygens (including phenoxy) is 1. The van der Waals surface area contributed by atoms with Gasteiger partial charge in [-0.1, -0.05) is 27.5 Å². The fourth-order valence-corrected chi connectivity index (χ4v) is 2.63. The van der Waals surface area contributed by atoms with Crippen molar-refractivity contribution in [3.8, 4) is 0 Å². The number of nitrogens with one attached hydrogen (secondary N) is 1. The van der Waals surface area contributed by atoms with Crippen molar-refractivity contribution in [2.75, 3.05) is 19.0 Å². The summed E-state index contributed by atoms with van der Waals surface area (Å²) < 4.78 is 5.83. The number of halogens is 2. The zero-order valence-electron chi connectivity index (χ0n) is 8.83. The lowest BCUT2D eigenvalue weighted by molar-refractivity contribution is 0.0823. The number of amides is 1. The smallest absolute Gasteiger partial charge is 0.261 e. The molecule has 1 N–H and O–H groups in total. The molecule has 6 heteroatoms. The molecule has 0 radical (unpaired) electrons. The van der Waals surface area contributed by atoms with Crippen molar-refractivity contribution < 1.29 is 9.53 Å². The molecule has 1 rings (SSSR count). The predicted octanol–water partition coefficient (Wildman–Crippen LogP) is 2.93. The van der Waals surface area contributed by atoms with Crippen molar-refractivity contribution in [1.82, 2.24) is 5.32 Å². The predicted molar refractivity (Wildman–Crippen MR) is 70.9 cm³/mol. The monoisotopic (exact) mass is 325 g/mol. The third-order valence-corrected chi connectivity index (χ3v) is 3.74. The lowest BCUT2D eigenvalue weighted by Crippen LogP contribution is -2.33. The molecule has 0 aliphatic rings. The summed E-state index contributed by atoms with van der Waals surface area (Å²) in [7, 11) is 1.64. The number of hydrogen-bond donors (Lipinski definition) is 1. The Hall–Kier alpha value is -0.100. The van der Waals surface area contributed by atoms with Gasteiger partial charge in [0, 0.05) is 19.0 Å². The summed E-state index contributed by atoms with van der Waals surface area (Å²) in [6.45, 7) is 0.510. The highest BCUT2D eigenvalue weighted by Crippen LogP contribution is 2.21. The van der Waals surface area contributed by atoms with Gasteiger partial charge in [-0.2, -0.15) is 0 Å². The summed E-state index contributed by atoms with van der Waals surface area (Å²) in [5.74, 6) is -0.103. The molecule has 0 spiro atoms. The van der Waals surface area contributed by atoms with Gasteiger partial charge in [-0.25, -0.2) is 0 Å². The quantitative estimate of drug-likeness (QED) is 0.816. The second-order valence-electron chi connectivity index (χ2n) is 3.15. The summed E-state index contributed by atoms with van der Waals surface area (Å²) in [5, 5.41) is 3.67. The fraction of sp³-hybridized carbons (Fsp3) is 0.500. The largest absolute Gasteiger partial charge is 0.380 e. The standard InChI is InChI=1S/C10H13BrClNO2S/c1-15-7(4-5-11)6-13-10(14)8-2-3-9(12)16-8/h2-3,7H,4-6H2,1H3,(H,13,14). The maximum atomic E-state index is 11.7. The van der Waals surface area contributed by atoms with Crippen LogP contribution < -0.4 is 5.32 Å². The molecule has 90 valence electrons. The van der Waals surface area contributed by atoms with Crippen molar-refractivity contribution in [1.29, 1.82) is 0 Å². The molecule has 1 unspecified atom stereocenters. The Bertz CT molecular complexity index is 345. The summed E-state index contributed by atoms with van der Waals surface area (Å²) in [4.78, 5) is 12.3. The number of hydrogen-bond acceptors (Lipinski definition) is 3. The molecule has 0 aromatic carbocycles. The van der Waals surface area contributed by atoms with Gasteiger partial charge in [0.2, 0.25) is 0 Å². The minimum Gasteiger partial charge on any atom is -0.380 e. The Morgan fingerprint density at radius 2 is 2.44 bits per heavy atom. The first kappa shape index (κ1) is 14.0. The molecule has 1 amide bonds. The molecule has 1 heterocycles. The van der Waals surface area contributed by atoms with Gasteiger partial charge in [0.15, 0.2) is 0 Å². The molecule has 0 aliphatic carbocycles. The second-order valence-corrected chi connectivity index (χ2v) is 5.66. The maximum Gasteiger partial charge on any atom is 0.261 e. The van der Waals surface area contributed by atoms with E-state index in [4.69, 9.17) is 16.3 Å². The molecule has 3 nitrogen and oxygen atoms in total. The summed E-state index contributed by atoms with van der Waals surface area (Å²) >= 11 is 10.4. The Kier molecular flexibility index (Phi) is 6.34. The number of rotatable bonds is 6. The van der Waals surface area contributed by atoms with E-state index in [1.54, 1.807) is 19.2 Å². The van der Waals surface area contributed by atoms with Gasteiger partial charge in [-0.3, -0.25) is 4.79 Å². The Labute approximate surface area is 112 Å². The van der Waals surface area contributed by atoms with Gasteiger partial charge >= 0.3 is 0 Å². The number of carbonyl (C=O) groups excluding carboxylic acids is 1. The topological polar surface area (TPSA) is 38.3 Å². The van der Waals surface area contributed by atoms with Crippen LogP contribution in [0.5, 0.6) is 0 Å². The lowest BCUT2D eigenvalue weighted by atomic mass is 10.3. The first-order valence-corrected chi connectivity index (χ1v) is 7.11. The highest BCUT2D eigenvalue weighted by Gasteiger charge is 2.11. The summed E-state index contributed by atoms with van der Waals surface area (Å²) in [6.07, 6.45) is 0.904. The van der Waals surface area contributed by atoms with Gasteiger partial charge in [-0.05, 0) is 18.6 Å². The third kappa shape index (κ3) is 4.41. The average Bonchev–Trinajstić information content (AvgIpc) is 2.70. The van der Waals surface area contributed by atoms with Gasteiger partial charge in [0.25, 0.3) is 5.91 Å². The van der Waals surface area contributed by atoms with Crippen LogP contribution in [0, 0.1) is 0 Å². The van der Waals surface area contributed by atoms with Crippen molar-refractivity contribution in [3.63, 3.8) is 0 Å². The van der Waals surface area contributed by atoms with Crippen LogP contribution in [0.25, 0.3) is 0 Å². The minimum atomic E-state index is -0.103. The fourth-order valence-electron chi connectivity index (χ4n) is 1.15. The van der Waals surface area contributed by atoms with E-state index in [0.29, 0.717) is 15.8 Å². The Morgan fingerprint density at radius 3 is 2.94 bits per heavy atom. The molecular weight excluding hydrogens is 314 g/mol. The normalized spacial score (nSPS) is 12.4. The van der Waals surface area contributed by atoms with Gasteiger partial charge < -0.3 is 10.1 Å². The SMILES string of the molecule is COC(CCBr)CNC(=O)c1ccc(Cl)s1. The minimum absolute atomic E-state index is 0.0405. The first-order chi connectivity index (χ1) is 7.67. The van der Waals surface area contributed by atoms with Crippen LogP contribution in [0.1, 0.15) is 16.1 Å². The zero-order chi connectivity index (χ0) is 12.0. The van der Waals surface area contributed by atoms with Crippen LogP contribution in [0.15, 0.2) is 12.1 Å². The highest BCUT2D eigenvalue weighted by molar-refractivity contribution is 9.09. The van der Waals surface area contributed by atoms with E-state index in [-0.39, 0.29) is 12.0 Å². The lowest BCUT2D eigenvalue weighted by Gasteiger charge is -2.14. The van der Waals surface area contributed by atoms with Crippen LogP contribution >= 0.6 is 38.9 Å². The number of thiophene rings is 1. The molecule has 1 aromatic rings. The maximum absolute atomic E-state index is 11.7. The summed E-state index contributed by atoms with van der Waals surface area (Å²) in [6, 6.07) is 3.43. The van der Waals surface area contributed by atoms with E-state index in [1.165, 1.54) is 11.3 Å². The molecule has 0 saturated carbocycles. The highest BCUT2D eigenvalue weighted by atomic mass is 79.9. The van der Waals surface area contributed by atoms with E-state index in [9.17, 15) is 4.79 Å². The average molecular weight is 327 g/mol. The third-order valence-electron chi connectivity index (χ3n) is 2.05. The number of methoxy groups -OCH3 is 1. The number of carbonyl (C=O) groups is 1. The molecule has 1 atom stereocenters. The first-order valence-electron chi connectivity index (χ1n) is 4.79. The molecule has 1 aromatic heterocycles. The van der Waals surface area contributed by atoms with Crippen LogP contribution in [0.3, 0.4) is 0 Å². The van der Waals surface area contributed by atoms with Crippen molar-refractivity contribution in [2.24, 2.45) is 0 Å². The second kappa shape index (κ2) is 7.27. The molecule has 0 aliphatic heterocycles. The van der Waals surface area contributed by atoms with E-state index in [1.807, 2.05) is 0 Å². The van der Waals surface area contributed by atoms with Crippen molar-refractivity contribution in [2.45, 2.75) is 12.5 Å². The van der Waals surface area contributed by atoms with Crippen LogP contribution in [0.4, 0.5) is 0 Å². The van der Waals surface area contributed by atoms with Gasteiger partial charge in [0.05, 0.1) is 15.3 Å². The van der Waals surface area contributed by atoms with Crippen LogP contribution in [-0.4, -0.2) is 31.0 Å². The van der Waals surface area contributed by atoms with Crippen LogP contribution in [-0.2, 0) is 4.74 Å². The Balaban J connectivity index is 2.40. The van der Waals surface area contributed by atoms with Crippen molar-refractivity contribution >= 4 is 44.8 Å². The summed E-state index contributed by atoms with van der Waals surface area (Å²) in [5.41, 5.74) is 0. The molecule has 0 bridgehead atoms. The van der Waals surface area contributed by atoms with Gasteiger partial charge in [-0.15, -0.1) is 11.3 Å². The van der Waals surface area contributed by atoms with E-state index in [0.717, 1.165) is 11.8 Å². The zero-order valence-corrected chi connectivity index (χ0v) is 12.0.